The van der Waals surface area contributed by atoms with Crippen molar-refractivity contribution in [3.63, 3.8) is 0 Å². The highest BCUT2D eigenvalue weighted by Gasteiger charge is 2.09. The molecule has 5 aromatic rings. The molecule has 0 aliphatic heterocycles. The summed E-state index contributed by atoms with van der Waals surface area (Å²) in [6.07, 6.45) is 8.98. The molecule has 3 aromatic heterocycles. The first kappa shape index (κ1) is 17.2. The second kappa shape index (κ2) is 6.91. The monoisotopic (exact) mass is 381 g/mol. The number of anilines is 1. The molecule has 0 saturated heterocycles. The van der Waals surface area contributed by atoms with Crippen LogP contribution in [0.15, 0.2) is 84.2 Å². The van der Waals surface area contributed by atoms with Crippen molar-refractivity contribution in [3.05, 3.63) is 79.8 Å². The predicted molar refractivity (Wildman–Crippen MR) is 114 cm³/mol. The minimum atomic E-state index is 0.693. The molecule has 6 nitrogen and oxygen atoms in total. The molecule has 0 spiro atoms. The molecule has 0 aliphatic rings. The lowest BCUT2D eigenvalue weighted by Gasteiger charge is -2.11. The first-order valence-corrected chi connectivity index (χ1v) is 9.29. The summed E-state index contributed by atoms with van der Waals surface area (Å²) in [6.45, 7) is 0. The summed E-state index contributed by atoms with van der Waals surface area (Å²) in [5.74, 6) is 0.693. The van der Waals surface area contributed by atoms with Crippen LogP contribution >= 0.6 is 0 Å². The number of rotatable bonds is 4. The van der Waals surface area contributed by atoms with E-state index in [0.717, 1.165) is 39.0 Å². The van der Waals surface area contributed by atoms with E-state index in [4.69, 9.17) is 4.42 Å². The Morgan fingerprint density at radius 1 is 0.828 bits per heavy atom. The van der Waals surface area contributed by atoms with E-state index in [1.807, 2.05) is 49.8 Å². The van der Waals surface area contributed by atoms with Gasteiger partial charge in [0.15, 0.2) is 0 Å². The zero-order valence-corrected chi connectivity index (χ0v) is 16.1. The molecular formula is C23H19N5O. The van der Waals surface area contributed by atoms with E-state index in [-0.39, 0.29) is 0 Å². The molecule has 0 saturated carbocycles. The normalized spacial score (nSPS) is 11.1. The minimum Gasteiger partial charge on any atom is -0.472 e. The summed E-state index contributed by atoms with van der Waals surface area (Å²) in [7, 11) is 3.86. The van der Waals surface area contributed by atoms with E-state index < -0.39 is 0 Å². The highest BCUT2D eigenvalue weighted by atomic mass is 16.3. The van der Waals surface area contributed by atoms with E-state index in [1.165, 1.54) is 0 Å². The molecule has 5 rings (SSSR count). The molecule has 0 unspecified atom stereocenters. The highest BCUT2D eigenvalue weighted by Crippen LogP contribution is 2.27. The Balaban J connectivity index is 1.53. The van der Waals surface area contributed by atoms with Gasteiger partial charge in [-0.15, -0.1) is 0 Å². The second-order valence-corrected chi connectivity index (χ2v) is 7.05. The van der Waals surface area contributed by atoms with Crippen molar-refractivity contribution in [1.82, 2.24) is 19.5 Å². The number of imidazole rings is 1. The maximum absolute atomic E-state index is 5.19. The zero-order valence-electron chi connectivity index (χ0n) is 16.1. The van der Waals surface area contributed by atoms with Gasteiger partial charge in [0.25, 0.3) is 0 Å². The van der Waals surface area contributed by atoms with Gasteiger partial charge in [-0.25, -0.2) is 15.0 Å². The van der Waals surface area contributed by atoms with Gasteiger partial charge < -0.3 is 9.32 Å². The van der Waals surface area contributed by atoms with Crippen LogP contribution in [-0.4, -0.2) is 33.6 Å². The second-order valence-electron chi connectivity index (χ2n) is 7.05. The fraction of sp³-hybridized carbons (Fsp3) is 0.0870. The number of hydrogen-bond donors (Lipinski definition) is 0. The van der Waals surface area contributed by atoms with Crippen molar-refractivity contribution in [2.45, 2.75) is 0 Å². The molecule has 0 radical (unpaired) electrons. The molecule has 29 heavy (non-hydrogen) atoms. The smallest absolute Gasteiger partial charge is 0.224 e. The molecule has 0 amide bonds. The van der Waals surface area contributed by atoms with Gasteiger partial charge in [0, 0.05) is 43.3 Å². The summed E-state index contributed by atoms with van der Waals surface area (Å²) >= 11 is 0. The first-order chi connectivity index (χ1) is 14.2. The Morgan fingerprint density at radius 2 is 1.66 bits per heavy atom. The molecule has 0 bridgehead atoms. The van der Waals surface area contributed by atoms with Crippen molar-refractivity contribution in [3.8, 4) is 27.9 Å². The van der Waals surface area contributed by atoms with E-state index in [1.54, 1.807) is 12.5 Å². The summed E-state index contributed by atoms with van der Waals surface area (Å²) in [5.41, 5.74) is 7.20. The molecule has 0 atom stereocenters. The summed E-state index contributed by atoms with van der Waals surface area (Å²) < 4.78 is 7.28. The van der Waals surface area contributed by atoms with Gasteiger partial charge in [0.1, 0.15) is 6.33 Å². The van der Waals surface area contributed by atoms with Gasteiger partial charge in [0.2, 0.25) is 5.95 Å². The lowest BCUT2D eigenvalue weighted by molar-refractivity contribution is 0.568. The molecule has 142 valence electrons. The zero-order chi connectivity index (χ0) is 19.8. The molecular weight excluding hydrogens is 362 g/mol. The molecule has 0 fully saturated rings. The van der Waals surface area contributed by atoms with Gasteiger partial charge in [-0.3, -0.25) is 4.57 Å². The van der Waals surface area contributed by atoms with Crippen molar-refractivity contribution in [1.29, 1.82) is 0 Å². The largest absolute Gasteiger partial charge is 0.472 e. The first-order valence-electron chi connectivity index (χ1n) is 9.29. The standard InChI is InChI=1S/C23H19N5O/c1-27(2)23-24-12-19(13-25-23)16-4-3-5-20(10-16)28-15-26-21-11-17(6-7-22(21)28)18-8-9-29-14-18/h3-15H,1-2H3. The molecule has 0 aliphatic carbocycles. The molecule has 6 heteroatoms. The van der Waals surface area contributed by atoms with E-state index in [2.05, 4.69) is 55.9 Å². The van der Waals surface area contributed by atoms with Crippen LogP contribution in [-0.2, 0) is 0 Å². The van der Waals surface area contributed by atoms with E-state index in [9.17, 15) is 0 Å². The van der Waals surface area contributed by atoms with Crippen molar-refractivity contribution in [2.75, 3.05) is 19.0 Å². The van der Waals surface area contributed by atoms with E-state index in [0.29, 0.717) is 5.95 Å². The Morgan fingerprint density at radius 3 is 2.41 bits per heavy atom. The van der Waals surface area contributed by atoms with Gasteiger partial charge in [-0.1, -0.05) is 18.2 Å². The molecule has 2 aromatic carbocycles. The van der Waals surface area contributed by atoms with Crippen LogP contribution in [0.2, 0.25) is 0 Å². The Labute approximate surface area is 168 Å². The van der Waals surface area contributed by atoms with Crippen LogP contribution < -0.4 is 4.90 Å². The summed E-state index contributed by atoms with van der Waals surface area (Å²) in [4.78, 5) is 15.3. The van der Waals surface area contributed by atoms with Crippen LogP contribution in [0.25, 0.3) is 39.0 Å². The number of hydrogen-bond acceptors (Lipinski definition) is 5. The number of furan rings is 1. The minimum absolute atomic E-state index is 0.693. The Kier molecular flexibility index (Phi) is 4.09. The predicted octanol–water partition coefficient (Wildman–Crippen LogP) is 4.81. The van der Waals surface area contributed by atoms with Crippen LogP contribution in [0, 0.1) is 0 Å². The quantitative estimate of drug-likeness (QED) is 0.447. The fourth-order valence-corrected chi connectivity index (χ4v) is 3.36. The fourth-order valence-electron chi connectivity index (χ4n) is 3.36. The van der Waals surface area contributed by atoms with Gasteiger partial charge in [-0.05, 0) is 41.5 Å². The maximum Gasteiger partial charge on any atom is 0.224 e. The van der Waals surface area contributed by atoms with Gasteiger partial charge in [0.05, 0.1) is 23.6 Å². The third-order valence-electron chi connectivity index (χ3n) is 4.90. The summed E-state index contributed by atoms with van der Waals surface area (Å²) in [6, 6.07) is 16.5. The highest BCUT2D eigenvalue weighted by molar-refractivity contribution is 5.83. The lowest BCUT2D eigenvalue weighted by Crippen LogP contribution is -2.12. The van der Waals surface area contributed by atoms with Crippen LogP contribution in [0.1, 0.15) is 0 Å². The van der Waals surface area contributed by atoms with Crippen molar-refractivity contribution < 1.29 is 4.42 Å². The van der Waals surface area contributed by atoms with Gasteiger partial charge >= 0.3 is 0 Å². The van der Waals surface area contributed by atoms with Crippen molar-refractivity contribution >= 4 is 17.0 Å². The van der Waals surface area contributed by atoms with Crippen LogP contribution in [0.3, 0.4) is 0 Å². The average Bonchev–Trinajstić information content (AvgIpc) is 3.43. The topological polar surface area (TPSA) is 60.0 Å². The average molecular weight is 381 g/mol. The summed E-state index contributed by atoms with van der Waals surface area (Å²) in [5, 5.41) is 0. The van der Waals surface area contributed by atoms with Crippen LogP contribution in [0.5, 0.6) is 0 Å². The maximum atomic E-state index is 5.19. The Hall–Kier alpha value is -3.93. The molecule has 3 heterocycles. The number of aromatic nitrogens is 4. The number of benzene rings is 2. The van der Waals surface area contributed by atoms with E-state index >= 15 is 0 Å². The lowest BCUT2D eigenvalue weighted by atomic mass is 10.1. The van der Waals surface area contributed by atoms with Gasteiger partial charge in [-0.2, -0.15) is 0 Å². The Bertz CT molecular complexity index is 1270. The molecule has 0 N–H and O–H groups in total. The van der Waals surface area contributed by atoms with Crippen molar-refractivity contribution in [2.24, 2.45) is 0 Å². The number of nitrogens with zero attached hydrogens (tertiary/aromatic N) is 5. The third-order valence-corrected chi connectivity index (χ3v) is 4.90. The third kappa shape index (κ3) is 3.14. The van der Waals surface area contributed by atoms with Crippen LogP contribution in [0.4, 0.5) is 5.95 Å². The SMILES string of the molecule is CN(C)c1ncc(-c2cccc(-n3cnc4cc(-c5ccoc5)ccc43)c2)cn1. The number of fused-ring (bicyclic) bond motifs is 1.